The van der Waals surface area contributed by atoms with Gasteiger partial charge in [0, 0.05) is 38.2 Å². The molecule has 11 rings (SSSR count). The minimum Gasteiger partial charge on any atom is -0.309 e. The molecule has 0 radical (unpaired) electrons. The number of aromatic nitrogens is 4. The standard InChI is InChI=1S/C46H28N4/c1-2-15-33(16-3-1)49-40-21-11-9-18-35(40)37-27-32(23-24-41(37)49)45-36-19-8-10-20-39(36)47-46(48-45)50-42-25-22-29-12-6-7-17-34(29)44(42)38-26-30-13-4-5-14-31(30)28-43(38)50/h1-28H. The number of benzene rings is 8. The van der Waals surface area contributed by atoms with E-state index >= 15 is 0 Å². The van der Waals surface area contributed by atoms with Gasteiger partial charge in [0.05, 0.1) is 33.3 Å². The summed E-state index contributed by atoms with van der Waals surface area (Å²) in [5, 5.41) is 10.7. The summed E-state index contributed by atoms with van der Waals surface area (Å²) in [6.45, 7) is 0. The summed E-state index contributed by atoms with van der Waals surface area (Å²) >= 11 is 0. The van der Waals surface area contributed by atoms with Crippen molar-refractivity contribution < 1.29 is 0 Å². The average Bonchev–Trinajstić information content (AvgIpc) is 3.69. The highest BCUT2D eigenvalue weighted by Crippen LogP contribution is 2.40. The lowest BCUT2D eigenvalue weighted by atomic mass is 10.0. The van der Waals surface area contributed by atoms with Gasteiger partial charge in [0.1, 0.15) is 0 Å². The zero-order valence-corrected chi connectivity index (χ0v) is 27.0. The van der Waals surface area contributed by atoms with Crippen LogP contribution in [0.1, 0.15) is 0 Å². The topological polar surface area (TPSA) is 35.6 Å². The molecule has 0 N–H and O–H groups in total. The monoisotopic (exact) mass is 636 g/mol. The van der Waals surface area contributed by atoms with Crippen LogP contribution in [-0.4, -0.2) is 19.1 Å². The average molecular weight is 637 g/mol. The molecule has 232 valence electrons. The molecule has 3 aromatic heterocycles. The van der Waals surface area contributed by atoms with Gasteiger partial charge >= 0.3 is 0 Å². The van der Waals surface area contributed by atoms with E-state index in [0.29, 0.717) is 5.95 Å². The third-order valence-corrected chi connectivity index (χ3v) is 10.3. The van der Waals surface area contributed by atoms with Crippen LogP contribution < -0.4 is 0 Å². The van der Waals surface area contributed by atoms with E-state index in [9.17, 15) is 0 Å². The second-order valence-electron chi connectivity index (χ2n) is 13.0. The summed E-state index contributed by atoms with van der Waals surface area (Å²) in [5.74, 6) is 0.663. The number of nitrogens with zero attached hydrogens (tertiary/aromatic N) is 4. The van der Waals surface area contributed by atoms with E-state index in [-0.39, 0.29) is 0 Å². The van der Waals surface area contributed by atoms with Crippen LogP contribution >= 0.6 is 0 Å². The highest BCUT2D eigenvalue weighted by atomic mass is 15.2. The van der Waals surface area contributed by atoms with Crippen LogP contribution in [0.25, 0.3) is 99.0 Å². The second kappa shape index (κ2) is 10.4. The molecule has 0 amide bonds. The summed E-state index contributed by atoms with van der Waals surface area (Å²) < 4.78 is 4.62. The number of hydrogen-bond donors (Lipinski definition) is 0. The van der Waals surface area contributed by atoms with E-state index in [4.69, 9.17) is 9.97 Å². The minimum atomic E-state index is 0.663. The lowest BCUT2D eigenvalue weighted by molar-refractivity contribution is 1.01. The molecule has 50 heavy (non-hydrogen) atoms. The van der Waals surface area contributed by atoms with Crippen LogP contribution in [-0.2, 0) is 0 Å². The molecule has 0 aliphatic rings. The van der Waals surface area contributed by atoms with E-state index in [2.05, 4.69) is 179 Å². The van der Waals surface area contributed by atoms with Gasteiger partial charge in [0.2, 0.25) is 5.95 Å². The Labute approximate surface area is 287 Å². The molecule has 0 spiro atoms. The van der Waals surface area contributed by atoms with Crippen molar-refractivity contribution in [3.63, 3.8) is 0 Å². The fourth-order valence-electron chi connectivity index (χ4n) is 8.05. The molecule has 0 atom stereocenters. The summed E-state index contributed by atoms with van der Waals surface area (Å²) in [6.07, 6.45) is 0. The normalized spacial score (nSPS) is 12.0. The predicted molar refractivity (Wildman–Crippen MR) is 209 cm³/mol. The molecule has 4 heteroatoms. The second-order valence-corrected chi connectivity index (χ2v) is 13.0. The SMILES string of the molecule is c1ccc(-n2c3ccccc3c3cc(-c4nc(-n5c6cc7ccccc7cc6c6c7ccccc7ccc65)nc5ccccc45)ccc32)cc1. The van der Waals surface area contributed by atoms with Crippen molar-refractivity contribution in [3.8, 4) is 22.9 Å². The molecule has 0 unspecified atom stereocenters. The fourth-order valence-corrected chi connectivity index (χ4v) is 8.05. The first-order chi connectivity index (χ1) is 24.8. The highest BCUT2D eigenvalue weighted by Gasteiger charge is 2.20. The smallest absolute Gasteiger partial charge is 0.235 e. The molecule has 8 aromatic carbocycles. The largest absolute Gasteiger partial charge is 0.309 e. The maximum atomic E-state index is 5.47. The van der Waals surface area contributed by atoms with Gasteiger partial charge in [-0.15, -0.1) is 0 Å². The Kier molecular flexibility index (Phi) is 5.63. The van der Waals surface area contributed by atoms with E-state index in [1.165, 1.54) is 54.1 Å². The van der Waals surface area contributed by atoms with Gasteiger partial charge in [0.15, 0.2) is 0 Å². The fraction of sp³-hybridized carbons (Fsp3) is 0. The van der Waals surface area contributed by atoms with Crippen molar-refractivity contribution >= 4 is 76.1 Å². The number of para-hydroxylation sites is 3. The van der Waals surface area contributed by atoms with Crippen molar-refractivity contribution in [2.75, 3.05) is 0 Å². The Bertz CT molecular complexity index is 3150. The third kappa shape index (κ3) is 3.87. The maximum Gasteiger partial charge on any atom is 0.235 e. The minimum absolute atomic E-state index is 0.663. The Morgan fingerprint density at radius 1 is 0.360 bits per heavy atom. The third-order valence-electron chi connectivity index (χ3n) is 10.3. The Morgan fingerprint density at radius 3 is 1.88 bits per heavy atom. The van der Waals surface area contributed by atoms with Crippen molar-refractivity contribution in [2.24, 2.45) is 0 Å². The lowest BCUT2D eigenvalue weighted by Gasteiger charge is -2.12. The molecule has 0 aliphatic carbocycles. The Hall–Kier alpha value is -6.78. The zero-order chi connectivity index (χ0) is 32.8. The molecule has 4 nitrogen and oxygen atoms in total. The van der Waals surface area contributed by atoms with Crippen molar-refractivity contribution in [3.05, 3.63) is 170 Å². The van der Waals surface area contributed by atoms with Gasteiger partial charge in [-0.25, -0.2) is 9.97 Å². The highest BCUT2D eigenvalue weighted by molar-refractivity contribution is 6.23. The molecule has 0 saturated heterocycles. The summed E-state index contributed by atoms with van der Waals surface area (Å²) in [4.78, 5) is 10.7. The Balaban J connectivity index is 1.22. The predicted octanol–water partition coefficient (Wildman–Crippen LogP) is 11.8. The molecule has 0 fully saturated rings. The van der Waals surface area contributed by atoms with Gasteiger partial charge in [-0.1, -0.05) is 115 Å². The molecule has 0 saturated carbocycles. The first-order valence-electron chi connectivity index (χ1n) is 17.0. The van der Waals surface area contributed by atoms with Crippen LogP contribution in [0.15, 0.2) is 170 Å². The van der Waals surface area contributed by atoms with Crippen LogP contribution in [0.5, 0.6) is 0 Å². The first-order valence-corrected chi connectivity index (χ1v) is 17.0. The van der Waals surface area contributed by atoms with Gasteiger partial charge < -0.3 is 4.57 Å². The van der Waals surface area contributed by atoms with Gasteiger partial charge in [-0.2, -0.15) is 0 Å². The number of fused-ring (bicyclic) bond motifs is 10. The summed E-state index contributed by atoms with van der Waals surface area (Å²) in [7, 11) is 0. The van der Waals surface area contributed by atoms with Crippen LogP contribution in [0, 0.1) is 0 Å². The molecule has 11 aromatic rings. The Morgan fingerprint density at radius 2 is 1.02 bits per heavy atom. The van der Waals surface area contributed by atoms with Gasteiger partial charge in [-0.05, 0) is 76.1 Å². The van der Waals surface area contributed by atoms with E-state index < -0.39 is 0 Å². The number of hydrogen-bond acceptors (Lipinski definition) is 2. The summed E-state index contributed by atoms with van der Waals surface area (Å²) in [6, 6.07) is 60.7. The van der Waals surface area contributed by atoms with Gasteiger partial charge in [0.25, 0.3) is 0 Å². The van der Waals surface area contributed by atoms with Crippen LogP contribution in [0.2, 0.25) is 0 Å². The van der Waals surface area contributed by atoms with E-state index in [1.807, 2.05) is 0 Å². The van der Waals surface area contributed by atoms with Gasteiger partial charge in [-0.3, -0.25) is 4.57 Å². The maximum absolute atomic E-state index is 5.47. The first kappa shape index (κ1) is 27.2. The quantitative estimate of drug-likeness (QED) is 0.193. The van der Waals surface area contributed by atoms with Crippen molar-refractivity contribution in [1.29, 1.82) is 0 Å². The lowest BCUT2D eigenvalue weighted by Crippen LogP contribution is -2.03. The zero-order valence-electron chi connectivity index (χ0n) is 27.0. The molecular formula is C46H28N4. The molecule has 0 aliphatic heterocycles. The summed E-state index contributed by atoms with van der Waals surface area (Å²) in [5.41, 5.74) is 8.58. The van der Waals surface area contributed by atoms with Crippen molar-refractivity contribution in [2.45, 2.75) is 0 Å². The van der Waals surface area contributed by atoms with Crippen LogP contribution in [0.4, 0.5) is 0 Å². The molecule has 0 bridgehead atoms. The molecular weight excluding hydrogens is 609 g/mol. The number of rotatable bonds is 3. The van der Waals surface area contributed by atoms with Crippen LogP contribution in [0.3, 0.4) is 0 Å². The molecule has 3 heterocycles. The van der Waals surface area contributed by atoms with E-state index in [0.717, 1.165) is 38.9 Å². The van der Waals surface area contributed by atoms with E-state index in [1.54, 1.807) is 0 Å². The van der Waals surface area contributed by atoms with Crippen molar-refractivity contribution in [1.82, 2.24) is 19.1 Å².